The number of para-hydroxylation sites is 1. The van der Waals surface area contributed by atoms with Gasteiger partial charge in [-0.15, -0.1) is 0 Å². The van der Waals surface area contributed by atoms with E-state index in [0.717, 1.165) is 32.4 Å². The number of aryl methyl sites for hydroxylation is 1. The highest BCUT2D eigenvalue weighted by molar-refractivity contribution is 9.10. The second-order valence-electron chi connectivity index (χ2n) is 5.90. The topological polar surface area (TPSA) is 56.1 Å². The first kappa shape index (κ1) is 17.5. The van der Waals surface area contributed by atoms with Gasteiger partial charge in [0, 0.05) is 22.0 Å². The van der Waals surface area contributed by atoms with Gasteiger partial charge in [0.05, 0.1) is 18.3 Å². The van der Waals surface area contributed by atoms with E-state index in [-0.39, 0.29) is 5.91 Å². The molecule has 6 heteroatoms. The van der Waals surface area contributed by atoms with E-state index in [1.807, 2.05) is 56.3 Å². The average molecular weight is 402 g/mol. The molecule has 0 unspecified atom stereocenters. The molecule has 0 radical (unpaired) electrons. The Balaban J connectivity index is 1.78. The number of fused-ring (bicyclic) bond motifs is 1. The minimum absolute atomic E-state index is 0.0877. The molecule has 1 N–H and O–H groups in total. The van der Waals surface area contributed by atoms with Crippen molar-refractivity contribution in [1.82, 2.24) is 15.1 Å². The molecule has 3 rings (SSSR count). The fourth-order valence-corrected chi connectivity index (χ4v) is 3.28. The standard InChI is InChI=1S/C19H20BrN3O2/c1-12-16-6-4-5-7-17(16)23(22-12)13(2)19(24)21-11-14-10-15(20)8-9-18(14)25-3/h4-10,13H,11H2,1-3H3,(H,21,24)/t13-/m0/s1. The van der Waals surface area contributed by atoms with Crippen LogP contribution in [0.2, 0.25) is 0 Å². The lowest BCUT2D eigenvalue weighted by Crippen LogP contribution is -2.31. The van der Waals surface area contributed by atoms with Gasteiger partial charge in [-0.3, -0.25) is 9.48 Å². The van der Waals surface area contributed by atoms with Crippen LogP contribution in [0.1, 0.15) is 24.2 Å². The third kappa shape index (κ3) is 3.54. The first-order valence-electron chi connectivity index (χ1n) is 8.05. The Kier molecular flexibility index (Phi) is 5.08. The van der Waals surface area contributed by atoms with Crippen molar-refractivity contribution in [3.8, 4) is 5.75 Å². The molecule has 0 saturated heterocycles. The zero-order valence-corrected chi connectivity index (χ0v) is 16.0. The summed E-state index contributed by atoms with van der Waals surface area (Å²) >= 11 is 3.45. The van der Waals surface area contributed by atoms with Crippen LogP contribution >= 0.6 is 15.9 Å². The van der Waals surface area contributed by atoms with Crippen LogP contribution in [-0.4, -0.2) is 22.8 Å². The molecule has 0 saturated carbocycles. The number of aromatic nitrogens is 2. The third-order valence-corrected chi connectivity index (χ3v) is 4.73. The summed E-state index contributed by atoms with van der Waals surface area (Å²) < 4.78 is 8.07. The Bertz CT molecular complexity index is 920. The van der Waals surface area contributed by atoms with Gasteiger partial charge >= 0.3 is 0 Å². The molecule has 2 aromatic carbocycles. The first-order valence-corrected chi connectivity index (χ1v) is 8.84. The Morgan fingerprint density at radius 3 is 2.84 bits per heavy atom. The minimum atomic E-state index is -0.406. The average Bonchev–Trinajstić information content (AvgIpc) is 2.96. The van der Waals surface area contributed by atoms with Crippen LogP contribution in [0.25, 0.3) is 10.9 Å². The highest BCUT2D eigenvalue weighted by Gasteiger charge is 2.19. The van der Waals surface area contributed by atoms with Gasteiger partial charge < -0.3 is 10.1 Å². The molecule has 0 aliphatic heterocycles. The van der Waals surface area contributed by atoms with Gasteiger partial charge in [0.15, 0.2) is 0 Å². The van der Waals surface area contributed by atoms with Crippen molar-refractivity contribution in [2.24, 2.45) is 0 Å². The molecule has 1 aromatic heterocycles. The number of benzene rings is 2. The number of hydrogen-bond acceptors (Lipinski definition) is 3. The SMILES string of the molecule is COc1ccc(Br)cc1CNC(=O)[C@H](C)n1nc(C)c2ccccc21. The molecule has 0 fully saturated rings. The van der Waals surface area contributed by atoms with Crippen molar-refractivity contribution in [1.29, 1.82) is 0 Å². The van der Waals surface area contributed by atoms with E-state index in [4.69, 9.17) is 4.74 Å². The quantitative estimate of drug-likeness (QED) is 0.702. The lowest BCUT2D eigenvalue weighted by molar-refractivity contribution is -0.124. The summed E-state index contributed by atoms with van der Waals surface area (Å²) in [5.74, 6) is 0.659. The zero-order chi connectivity index (χ0) is 18.0. The van der Waals surface area contributed by atoms with E-state index in [2.05, 4.69) is 26.3 Å². The molecule has 0 spiro atoms. The number of nitrogens with one attached hydrogen (secondary N) is 1. The first-order chi connectivity index (χ1) is 12.0. The summed E-state index contributed by atoms with van der Waals surface area (Å²) in [6.07, 6.45) is 0. The van der Waals surface area contributed by atoms with Gasteiger partial charge in [0.25, 0.3) is 0 Å². The maximum Gasteiger partial charge on any atom is 0.244 e. The number of halogens is 1. The van der Waals surface area contributed by atoms with Crippen LogP contribution in [0.4, 0.5) is 0 Å². The third-order valence-electron chi connectivity index (χ3n) is 4.24. The van der Waals surface area contributed by atoms with E-state index in [1.165, 1.54) is 0 Å². The van der Waals surface area contributed by atoms with Crippen LogP contribution in [-0.2, 0) is 11.3 Å². The molecular weight excluding hydrogens is 382 g/mol. The van der Waals surface area contributed by atoms with Crippen molar-refractivity contribution in [3.63, 3.8) is 0 Å². The second kappa shape index (κ2) is 7.27. The van der Waals surface area contributed by atoms with E-state index >= 15 is 0 Å². The van der Waals surface area contributed by atoms with Crippen molar-refractivity contribution in [2.45, 2.75) is 26.4 Å². The van der Waals surface area contributed by atoms with Crippen LogP contribution in [0.15, 0.2) is 46.9 Å². The van der Waals surface area contributed by atoms with Crippen molar-refractivity contribution in [3.05, 3.63) is 58.2 Å². The molecule has 1 amide bonds. The number of ether oxygens (including phenoxy) is 1. The summed E-state index contributed by atoms with van der Waals surface area (Å²) in [5, 5.41) is 8.58. The number of amides is 1. The van der Waals surface area contributed by atoms with Crippen LogP contribution < -0.4 is 10.1 Å². The number of nitrogens with zero attached hydrogens (tertiary/aromatic N) is 2. The van der Waals surface area contributed by atoms with E-state index in [1.54, 1.807) is 11.8 Å². The van der Waals surface area contributed by atoms with E-state index in [0.29, 0.717) is 6.54 Å². The monoisotopic (exact) mass is 401 g/mol. The second-order valence-corrected chi connectivity index (χ2v) is 6.81. The van der Waals surface area contributed by atoms with Gasteiger partial charge in [-0.25, -0.2) is 0 Å². The van der Waals surface area contributed by atoms with Crippen LogP contribution in [0, 0.1) is 6.92 Å². The van der Waals surface area contributed by atoms with Crippen molar-refractivity contribution >= 4 is 32.7 Å². The molecule has 25 heavy (non-hydrogen) atoms. The summed E-state index contributed by atoms with van der Waals surface area (Å²) in [7, 11) is 1.62. The highest BCUT2D eigenvalue weighted by Crippen LogP contribution is 2.24. The van der Waals surface area contributed by atoms with Crippen molar-refractivity contribution in [2.75, 3.05) is 7.11 Å². The molecule has 3 aromatic rings. The number of rotatable bonds is 5. The molecule has 0 aliphatic carbocycles. The van der Waals surface area contributed by atoms with Gasteiger partial charge in [-0.1, -0.05) is 34.1 Å². The van der Waals surface area contributed by atoms with Gasteiger partial charge in [0.2, 0.25) is 5.91 Å². The Hall–Kier alpha value is -2.34. The van der Waals surface area contributed by atoms with Crippen molar-refractivity contribution < 1.29 is 9.53 Å². The van der Waals surface area contributed by atoms with Gasteiger partial charge in [-0.05, 0) is 38.1 Å². The number of carbonyl (C=O) groups excluding carboxylic acids is 1. The maximum atomic E-state index is 12.6. The van der Waals surface area contributed by atoms with Crippen LogP contribution in [0.3, 0.4) is 0 Å². The molecule has 130 valence electrons. The number of carbonyl (C=O) groups is 1. The number of hydrogen-bond donors (Lipinski definition) is 1. The summed E-state index contributed by atoms with van der Waals surface area (Å²) in [6, 6.07) is 13.3. The summed E-state index contributed by atoms with van der Waals surface area (Å²) in [5.41, 5.74) is 2.80. The molecule has 5 nitrogen and oxygen atoms in total. The highest BCUT2D eigenvalue weighted by atomic mass is 79.9. The predicted octanol–water partition coefficient (Wildman–Crippen LogP) is 3.99. The van der Waals surface area contributed by atoms with Gasteiger partial charge in [-0.2, -0.15) is 5.10 Å². The largest absolute Gasteiger partial charge is 0.496 e. The Morgan fingerprint density at radius 2 is 2.08 bits per heavy atom. The van der Waals surface area contributed by atoms with Gasteiger partial charge in [0.1, 0.15) is 11.8 Å². The summed E-state index contributed by atoms with van der Waals surface area (Å²) in [6.45, 7) is 4.20. The predicted molar refractivity (Wildman–Crippen MR) is 102 cm³/mol. The fourth-order valence-electron chi connectivity index (χ4n) is 2.87. The smallest absolute Gasteiger partial charge is 0.244 e. The lowest BCUT2D eigenvalue weighted by Gasteiger charge is -2.15. The molecule has 1 heterocycles. The zero-order valence-electron chi connectivity index (χ0n) is 14.4. The summed E-state index contributed by atoms with van der Waals surface area (Å²) in [4.78, 5) is 12.6. The number of methoxy groups -OCH3 is 1. The molecular formula is C19H20BrN3O2. The van der Waals surface area contributed by atoms with E-state index < -0.39 is 6.04 Å². The minimum Gasteiger partial charge on any atom is -0.496 e. The normalized spacial score (nSPS) is 12.2. The van der Waals surface area contributed by atoms with E-state index in [9.17, 15) is 4.79 Å². The fraction of sp³-hybridized carbons (Fsp3) is 0.263. The molecule has 0 bridgehead atoms. The molecule has 0 aliphatic rings. The lowest BCUT2D eigenvalue weighted by atomic mass is 10.2. The maximum absolute atomic E-state index is 12.6. The van der Waals surface area contributed by atoms with Crippen LogP contribution in [0.5, 0.6) is 5.75 Å². The Labute approximate surface area is 155 Å². The Morgan fingerprint density at radius 1 is 1.32 bits per heavy atom. The molecule has 1 atom stereocenters.